The molecule has 0 bridgehead atoms. The first-order chi connectivity index (χ1) is 8.19. The Morgan fingerprint density at radius 1 is 1.24 bits per heavy atom. The van der Waals surface area contributed by atoms with Crippen molar-refractivity contribution < 1.29 is 9.47 Å². The van der Waals surface area contributed by atoms with Gasteiger partial charge in [0.25, 0.3) is 0 Å². The minimum Gasteiger partial charge on any atom is -0.497 e. The molecule has 2 N–H and O–H groups in total. The van der Waals surface area contributed by atoms with Crippen LogP contribution in [0.1, 0.15) is 26.2 Å². The molecular weight excluding hydrogens is 214 g/mol. The second-order valence-electron chi connectivity index (χ2n) is 4.92. The minimum absolute atomic E-state index is 0.130. The molecule has 3 nitrogen and oxygen atoms in total. The predicted octanol–water partition coefficient (Wildman–Crippen LogP) is 2.59. The molecule has 1 aromatic rings. The van der Waals surface area contributed by atoms with Crippen LogP contribution in [0, 0.1) is 5.92 Å². The van der Waals surface area contributed by atoms with Gasteiger partial charge in [0.1, 0.15) is 17.6 Å². The zero-order valence-electron chi connectivity index (χ0n) is 10.6. The summed E-state index contributed by atoms with van der Waals surface area (Å²) in [5, 5.41) is 0. The molecule has 0 saturated heterocycles. The van der Waals surface area contributed by atoms with Crippen molar-refractivity contribution in [1.82, 2.24) is 0 Å². The minimum atomic E-state index is 0.130. The van der Waals surface area contributed by atoms with Crippen molar-refractivity contribution >= 4 is 0 Å². The van der Waals surface area contributed by atoms with Gasteiger partial charge in [0.2, 0.25) is 0 Å². The third-order valence-electron chi connectivity index (χ3n) is 3.43. The lowest BCUT2D eigenvalue weighted by Gasteiger charge is -2.32. The highest BCUT2D eigenvalue weighted by molar-refractivity contribution is 5.33. The van der Waals surface area contributed by atoms with Gasteiger partial charge in [-0.15, -0.1) is 0 Å². The molecule has 0 amide bonds. The van der Waals surface area contributed by atoms with Crippen molar-refractivity contribution in [2.45, 2.75) is 38.3 Å². The molecule has 0 aromatic heterocycles. The molecule has 0 aliphatic heterocycles. The fourth-order valence-corrected chi connectivity index (χ4v) is 2.34. The summed E-state index contributed by atoms with van der Waals surface area (Å²) in [5.41, 5.74) is 6.10. The first-order valence-corrected chi connectivity index (χ1v) is 6.25. The maximum absolute atomic E-state index is 6.10. The van der Waals surface area contributed by atoms with Gasteiger partial charge in [-0.25, -0.2) is 0 Å². The Kier molecular flexibility index (Phi) is 3.89. The Bertz CT molecular complexity index is 367. The molecule has 1 fully saturated rings. The van der Waals surface area contributed by atoms with Gasteiger partial charge in [0.05, 0.1) is 7.11 Å². The van der Waals surface area contributed by atoms with E-state index in [-0.39, 0.29) is 12.1 Å². The van der Waals surface area contributed by atoms with E-state index in [1.807, 2.05) is 24.3 Å². The maximum Gasteiger partial charge on any atom is 0.123 e. The fourth-order valence-electron chi connectivity index (χ4n) is 2.34. The fraction of sp³-hybridized carbons (Fsp3) is 0.571. The Morgan fingerprint density at radius 3 is 2.76 bits per heavy atom. The highest BCUT2D eigenvalue weighted by atomic mass is 16.5. The first-order valence-electron chi connectivity index (χ1n) is 6.25. The molecule has 1 aliphatic carbocycles. The lowest BCUT2D eigenvalue weighted by Crippen LogP contribution is -2.43. The second kappa shape index (κ2) is 5.41. The zero-order valence-corrected chi connectivity index (χ0v) is 10.6. The summed E-state index contributed by atoms with van der Waals surface area (Å²) in [6, 6.07) is 7.86. The molecule has 3 heteroatoms. The number of rotatable bonds is 3. The summed E-state index contributed by atoms with van der Waals surface area (Å²) in [6.45, 7) is 2.26. The number of ether oxygens (including phenoxy) is 2. The molecule has 2 rings (SSSR count). The van der Waals surface area contributed by atoms with E-state index >= 15 is 0 Å². The van der Waals surface area contributed by atoms with Gasteiger partial charge in [-0.05, 0) is 37.3 Å². The largest absolute Gasteiger partial charge is 0.497 e. The van der Waals surface area contributed by atoms with Crippen LogP contribution in [0.3, 0.4) is 0 Å². The molecule has 3 unspecified atom stereocenters. The molecule has 0 spiro atoms. The monoisotopic (exact) mass is 235 g/mol. The summed E-state index contributed by atoms with van der Waals surface area (Å²) >= 11 is 0. The van der Waals surface area contributed by atoms with Gasteiger partial charge in [0.15, 0.2) is 0 Å². The standard InChI is InChI=1S/C14H21NO2/c1-10-6-7-13(15)14(8-10)17-12-5-3-4-11(9-12)16-2/h3-5,9-10,13-14H,6-8,15H2,1-2H3. The zero-order chi connectivity index (χ0) is 12.3. The summed E-state index contributed by atoms with van der Waals surface area (Å²) in [6.07, 6.45) is 3.43. The van der Waals surface area contributed by atoms with Crippen molar-refractivity contribution in [2.75, 3.05) is 7.11 Å². The maximum atomic E-state index is 6.10. The van der Waals surface area contributed by atoms with Gasteiger partial charge >= 0.3 is 0 Å². The quantitative estimate of drug-likeness (QED) is 0.875. The summed E-state index contributed by atoms with van der Waals surface area (Å²) in [7, 11) is 1.66. The van der Waals surface area contributed by atoms with Crippen LogP contribution in [0.25, 0.3) is 0 Å². The van der Waals surface area contributed by atoms with E-state index in [9.17, 15) is 0 Å². The van der Waals surface area contributed by atoms with Crippen LogP contribution in [0.15, 0.2) is 24.3 Å². The van der Waals surface area contributed by atoms with E-state index in [0.29, 0.717) is 5.92 Å². The Hall–Kier alpha value is -1.22. The number of nitrogens with two attached hydrogens (primary N) is 1. The second-order valence-corrected chi connectivity index (χ2v) is 4.92. The van der Waals surface area contributed by atoms with E-state index in [1.54, 1.807) is 7.11 Å². The number of methoxy groups -OCH3 is 1. The Morgan fingerprint density at radius 2 is 2.00 bits per heavy atom. The number of benzene rings is 1. The van der Waals surface area contributed by atoms with Gasteiger partial charge in [-0.2, -0.15) is 0 Å². The molecular formula is C14H21NO2. The van der Waals surface area contributed by atoms with Gasteiger partial charge in [-0.1, -0.05) is 13.0 Å². The highest BCUT2D eigenvalue weighted by Gasteiger charge is 2.27. The van der Waals surface area contributed by atoms with Crippen LogP contribution in [-0.2, 0) is 0 Å². The van der Waals surface area contributed by atoms with Crippen molar-refractivity contribution in [1.29, 1.82) is 0 Å². The van der Waals surface area contributed by atoms with Crippen LogP contribution in [0.4, 0.5) is 0 Å². The molecule has 0 radical (unpaired) electrons. The van der Waals surface area contributed by atoms with Gasteiger partial charge in [-0.3, -0.25) is 0 Å². The van der Waals surface area contributed by atoms with Crippen molar-refractivity contribution in [3.63, 3.8) is 0 Å². The normalized spacial score (nSPS) is 28.8. The lowest BCUT2D eigenvalue weighted by atomic mass is 9.85. The molecule has 1 aromatic carbocycles. The average molecular weight is 235 g/mol. The summed E-state index contributed by atoms with van der Waals surface area (Å²) < 4.78 is 11.2. The Balaban J connectivity index is 2.03. The van der Waals surface area contributed by atoms with E-state index in [0.717, 1.165) is 24.3 Å². The topological polar surface area (TPSA) is 44.5 Å². The Labute approximate surface area is 103 Å². The SMILES string of the molecule is COc1cccc(OC2CC(C)CCC2N)c1. The summed E-state index contributed by atoms with van der Waals surface area (Å²) in [5.74, 6) is 2.37. The van der Waals surface area contributed by atoms with E-state index < -0.39 is 0 Å². The predicted molar refractivity (Wildman–Crippen MR) is 68.4 cm³/mol. The van der Waals surface area contributed by atoms with Crippen molar-refractivity contribution in [3.8, 4) is 11.5 Å². The molecule has 94 valence electrons. The lowest BCUT2D eigenvalue weighted by molar-refractivity contribution is 0.107. The van der Waals surface area contributed by atoms with Crippen LogP contribution in [-0.4, -0.2) is 19.3 Å². The van der Waals surface area contributed by atoms with Gasteiger partial charge in [0, 0.05) is 12.1 Å². The third-order valence-corrected chi connectivity index (χ3v) is 3.43. The van der Waals surface area contributed by atoms with Gasteiger partial charge < -0.3 is 15.2 Å². The molecule has 3 atom stereocenters. The smallest absolute Gasteiger partial charge is 0.123 e. The molecule has 0 heterocycles. The van der Waals surface area contributed by atoms with Crippen LogP contribution >= 0.6 is 0 Å². The highest BCUT2D eigenvalue weighted by Crippen LogP contribution is 2.28. The van der Waals surface area contributed by atoms with E-state index in [2.05, 4.69) is 6.92 Å². The number of hydrogen-bond acceptors (Lipinski definition) is 3. The van der Waals surface area contributed by atoms with E-state index in [4.69, 9.17) is 15.2 Å². The molecule has 1 aliphatic rings. The first kappa shape index (κ1) is 12.2. The summed E-state index contributed by atoms with van der Waals surface area (Å²) in [4.78, 5) is 0. The average Bonchev–Trinajstić information content (AvgIpc) is 2.34. The van der Waals surface area contributed by atoms with Crippen molar-refractivity contribution in [3.05, 3.63) is 24.3 Å². The molecule has 1 saturated carbocycles. The third kappa shape index (κ3) is 3.13. The van der Waals surface area contributed by atoms with Crippen LogP contribution in [0.2, 0.25) is 0 Å². The molecule has 17 heavy (non-hydrogen) atoms. The van der Waals surface area contributed by atoms with Crippen molar-refractivity contribution in [2.24, 2.45) is 11.7 Å². The van der Waals surface area contributed by atoms with Crippen LogP contribution in [0.5, 0.6) is 11.5 Å². The number of hydrogen-bond donors (Lipinski definition) is 1. The van der Waals surface area contributed by atoms with E-state index in [1.165, 1.54) is 6.42 Å². The van der Waals surface area contributed by atoms with Crippen LogP contribution < -0.4 is 15.2 Å².